The van der Waals surface area contributed by atoms with E-state index in [9.17, 15) is 9.59 Å². The van der Waals surface area contributed by atoms with Crippen LogP contribution in [-0.2, 0) is 19.1 Å². The van der Waals surface area contributed by atoms with E-state index in [0.717, 1.165) is 64.2 Å². The highest BCUT2D eigenvalue weighted by Gasteiger charge is 2.64. The lowest BCUT2D eigenvalue weighted by molar-refractivity contribution is -0.222. The second-order valence-corrected chi connectivity index (χ2v) is 13.4. The molecular formula is C28H44O4. The van der Waals surface area contributed by atoms with Gasteiger partial charge in [0.1, 0.15) is 11.2 Å². The average Bonchev–Trinajstić information content (AvgIpc) is 3.18. The van der Waals surface area contributed by atoms with Crippen LogP contribution < -0.4 is 0 Å². The fourth-order valence-electron chi connectivity index (χ4n) is 8.52. The maximum absolute atomic E-state index is 13.7. The molecule has 0 saturated heterocycles. The van der Waals surface area contributed by atoms with E-state index in [2.05, 4.69) is 20.8 Å². The summed E-state index contributed by atoms with van der Waals surface area (Å²) in [6.07, 6.45) is 12.2. The van der Waals surface area contributed by atoms with Crippen molar-refractivity contribution >= 4 is 11.9 Å². The normalized spacial score (nSPS) is 44.2. The Morgan fingerprint density at radius 1 is 0.906 bits per heavy atom. The summed E-state index contributed by atoms with van der Waals surface area (Å²) < 4.78 is 12.7. The molecule has 0 aromatic heterocycles. The van der Waals surface area contributed by atoms with Crippen molar-refractivity contribution in [3.8, 4) is 0 Å². The molecule has 0 heterocycles. The van der Waals surface area contributed by atoms with Gasteiger partial charge in [-0.25, -0.2) is 0 Å². The first-order valence-electron chi connectivity index (χ1n) is 13.5. The van der Waals surface area contributed by atoms with Crippen LogP contribution >= 0.6 is 0 Å². The molecule has 4 nitrogen and oxygen atoms in total. The van der Waals surface area contributed by atoms with Gasteiger partial charge in [-0.05, 0) is 127 Å². The van der Waals surface area contributed by atoms with Crippen molar-refractivity contribution in [1.82, 2.24) is 0 Å². The van der Waals surface area contributed by atoms with Crippen LogP contribution in [-0.4, -0.2) is 23.1 Å². The van der Waals surface area contributed by atoms with Crippen molar-refractivity contribution in [2.24, 2.45) is 40.4 Å². The molecule has 4 bridgehead atoms. The van der Waals surface area contributed by atoms with Gasteiger partial charge < -0.3 is 9.47 Å². The highest BCUT2D eigenvalue weighted by molar-refractivity contribution is 5.78. The Hall–Kier alpha value is -1.06. The third-order valence-corrected chi connectivity index (χ3v) is 10.8. The van der Waals surface area contributed by atoms with Crippen LogP contribution in [0.2, 0.25) is 0 Å². The summed E-state index contributed by atoms with van der Waals surface area (Å²) >= 11 is 0. The predicted molar refractivity (Wildman–Crippen MR) is 124 cm³/mol. The Balaban J connectivity index is 1.37. The van der Waals surface area contributed by atoms with E-state index >= 15 is 0 Å². The number of ether oxygens (including phenoxy) is 2. The van der Waals surface area contributed by atoms with E-state index in [4.69, 9.17) is 9.47 Å². The zero-order valence-corrected chi connectivity index (χ0v) is 21.0. The summed E-state index contributed by atoms with van der Waals surface area (Å²) in [5.74, 6) is 2.93. The Morgan fingerprint density at radius 2 is 1.59 bits per heavy atom. The molecular weight excluding hydrogens is 400 g/mol. The topological polar surface area (TPSA) is 52.6 Å². The SMILES string of the molecule is CCC(C)(C)C(=O)OC12CCC3CC4(C(=O)OC5(C)CCCC5)CC(C)C(C1)C(C4)C3C2. The fraction of sp³-hybridized carbons (Fsp3) is 0.929. The summed E-state index contributed by atoms with van der Waals surface area (Å²) in [4.78, 5) is 26.7. The molecule has 5 rings (SSSR count). The summed E-state index contributed by atoms with van der Waals surface area (Å²) in [5.41, 5.74) is -1.19. The van der Waals surface area contributed by atoms with Crippen molar-refractivity contribution < 1.29 is 19.1 Å². The summed E-state index contributed by atoms with van der Waals surface area (Å²) in [6, 6.07) is 0. The molecule has 0 spiro atoms. The zero-order valence-electron chi connectivity index (χ0n) is 21.0. The Labute approximate surface area is 194 Å². The molecule has 32 heavy (non-hydrogen) atoms. The minimum Gasteiger partial charge on any atom is -0.459 e. The smallest absolute Gasteiger partial charge is 0.312 e. The molecule has 0 aromatic carbocycles. The first kappa shape index (κ1) is 22.7. The minimum atomic E-state index is -0.414. The molecule has 0 N–H and O–H groups in total. The van der Waals surface area contributed by atoms with E-state index in [1.54, 1.807) is 0 Å². The molecule has 0 aliphatic heterocycles. The highest BCUT2D eigenvalue weighted by atomic mass is 16.6. The van der Waals surface area contributed by atoms with Gasteiger partial charge in [-0.2, -0.15) is 0 Å². The second kappa shape index (κ2) is 7.47. The fourth-order valence-corrected chi connectivity index (χ4v) is 8.52. The molecule has 4 heteroatoms. The Bertz CT molecular complexity index is 774. The zero-order chi connectivity index (χ0) is 22.9. The minimum absolute atomic E-state index is 0.0149. The molecule has 5 aliphatic rings. The monoisotopic (exact) mass is 444 g/mol. The Morgan fingerprint density at radius 3 is 2.28 bits per heavy atom. The molecule has 5 aliphatic carbocycles. The molecule has 0 aromatic rings. The molecule has 180 valence electrons. The summed E-state index contributed by atoms with van der Waals surface area (Å²) in [7, 11) is 0. The van der Waals surface area contributed by atoms with E-state index in [1.165, 1.54) is 12.8 Å². The quantitative estimate of drug-likeness (QED) is 0.457. The van der Waals surface area contributed by atoms with Crippen molar-refractivity contribution in [3.63, 3.8) is 0 Å². The van der Waals surface area contributed by atoms with Crippen LogP contribution in [0.3, 0.4) is 0 Å². The Kier molecular flexibility index (Phi) is 5.30. The lowest BCUT2D eigenvalue weighted by Crippen LogP contribution is -2.62. The molecule has 0 amide bonds. The van der Waals surface area contributed by atoms with Gasteiger partial charge in [-0.1, -0.05) is 13.8 Å². The highest BCUT2D eigenvalue weighted by Crippen LogP contribution is 2.67. The standard InChI is InChI=1S/C28H44O4/c1-6-25(3,4)23(29)32-28-12-9-19-14-27(24(30)31-26(5)10-7-8-11-26)13-18(2)20(16-28)22(15-27)21(19)17-28/h18-22H,6-17H2,1-5H3. The summed E-state index contributed by atoms with van der Waals surface area (Å²) in [5, 5.41) is 0. The number of fused-ring (bicyclic) bond motifs is 2. The molecule has 7 atom stereocenters. The van der Waals surface area contributed by atoms with E-state index in [-0.39, 0.29) is 28.6 Å². The molecule has 5 fully saturated rings. The lowest BCUT2D eigenvalue weighted by atomic mass is 9.42. The number of carbonyl (C=O) groups excluding carboxylic acids is 2. The van der Waals surface area contributed by atoms with Gasteiger partial charge in [-0.15, -0.1) is 0 Å². The summed E-state index contributed by atoms with van der Waals surface area (Å²) in [6.45, 7) is 10.6. The maximum Gasteiger partial charge on any atom is 0.312 e. The van der Waals surface area contributed by atoms with Gasteiger partial charge in [-0.3, -0.25) is 9.59 Å². The van der Waals surface area contributed by atoms with E-state index in [1.807, 2.05) is 13.8 Å². The number of carbonyl (C=O) groups is 2. The van der Waals surface area contributed by atoms with Crippen LogP contribution in [0.4, 0.5) is 0 Å². The van der Waals surface area contributed by atoms with Gasteiger partial charge in [0.2, 0.25) is 0 Å². The van der Waals surface area contributed by atoms with Crippen LogP contribution in [0.1, 0.15) is 112 Å². The van der Waals surface area contributed by atoms with Crippen molar-refractivity contribution in [1.29, 1.82) is 0 Å². The predicted octanol–water partition coefficient (Wildman–Crippen LogP) is 6.45. The number of rotatable bonds is 5. The first-order chi connectivity index (χ1) is 15.0. The second-order valence-electron chi connectivity index (χ2n) is 13.4. The van der Waals surface area contributed by atoms with Gasteiger partial charge >= 0.3 is 11.9 Å². The van der Waals surface area contributed by atoms with Gasteiger partial charge in [0.05, 0.1) is 10.8 Å². The van der Waals surface area contributed by atoms with E-state index in [0.29, 0.717) is 29.6 Å². The van der Waals surface area contributed by atoms with Gasteiger partial charge in [0, 0.05) is 0 Å². The van der Waals surface area contributed by atoms with Gasteiger partial charge in [0.25, 0.3) is 0 Å². The number of hydrogen-bond donors (Lipinski definition) is 0. The lowest BCUT2D eigenvalue weighted by Gasteiger charge is -2.64. The van der Waals surface area contributed by atoms with Crippen molar-refractivity contribution in [3.05, 3.63) is 0 Å². The number of esters is 2. The van der Waals surface area contributed by atoms with E-state index < -0.39 is 5.41 Å². The van der Waals surface area contributed by atoms with Crippen LogP contribution in [0, 0.1) is 40.4 Å². The van der Waals surface area contributed by atoms with Crippen LogP contribution in [0.5, 0.6) is 0 Å². The maximum atomic E-state index is 13.7. The number of hydrogen-bond acceptors (Lipinski definition) is 4. The molecule has 7 unspecified atom stereocenters. The van der Waals surface area contributed by atoms with Crippen LogP contribution in [0.15, 0.2) is 0 Å². The van der Waals surface area contributed by atoms with Crippen molar-refractivity contribution in [2.75, 3.05) is 0 Å². The molecule has 0 radical (unpaired) electrons. The molecule has 5 saturated carbocycles. The van der Waals surface area contributed by atoms with Gasteiger partial charge in [0.15, 0.2) is 0 Å². The first-order valence-corrected chi connectivity index (χ1v) is 13.5. The third-order valence-electron chi connectivity index (χ3n) is 10.8. The largest absolute Gasteiger partial charge is 0.459 e. The average molecular weight is 445 g/mol. The third kappa shape index (κ3) is 3.54. The van der Waals surface area contributed by atoms with Crippen LogP contribution in [0.25, 0.3) is 0 Å². The van der Waals surface area contributed by atoms with Crippen molar-refractivity contribution in [2.45, 2.75) is 123 Å².